The van der Waals surface area contributed by atoms with Crippen LogP contribution in [0.15, 0.2) is 24.3 Å². The first-order chi connectivity index (χ1) is 6.38. The smallest absolute Gasteiger partial charge is 0.127 e. The number of rotatable bonds is 3. The number of nitrogens with zero attached hydrogens (tertiary/aromatic N) is 1. The number of hydrogen-bond acceptors (Lipinski definition) is 2. The van der Waals surface area contributed by atoms with E-state index in [2.05, 4.69) is 5.32 Å². The minimum absolute atomic E-state index is 0.270. The maximum atomic E-state index is 5.62. The molecule has 3 heteroatoms. The predicted octanol–water partition coefficient (Wildman–Crippen LogP) is 1.06. The molecular weight excluding hydrogens is 166 g/mol. The summed E-state index contributed by atoms with van der Waals surface area (Å²) < 4.78 is 10.7. The fraction of sp³-hybridized carbons (Fsp3) is 0.400. The van der Waals surface area contributed by atoms with E-state index in [4.69, 9.17) is 9.47 Å². The zero-order valence-electron chi connectivity index (χ0n) is 7.56. The Labute approximate surface area is 77.7 Å². The molecule has 1 saturated heterocycles. The molecule has 1 aliphatic heterocycles. The highest BCUT2D eigenvalue weighted by Crippen LogP contribution is 2.20. The van der Waals surface area contributed by atoms with Crippen LogP contribution in [0.3, 0.4) is 0 Å². The van der Waals surface area contributed by atoms with Crippen LogP contribution in [0, 0.1) is 0 Å². The lowest BCUT2D eigenvalue weighted by atomic mass is 10.2. The van der Waals surface area contributed by atoms with Crippen LogP contribution >= 0.6 is 0 Å². The van der Waals surface area contributed by atoms with Crippen molar-refractivity contribution in [2.75, 3.05) is 20.2 Å². The third kappa shape index (κ3) is 1.92. The Hall–Kier alpha value is -1.22. The Kier molecular flexibility index (Phi) is 2.36. The molecule has 0 bridgehead atoms. The van der Waals surface area contributed by atoms with Crippen molar-refractivity contribution >= 4 is 0 Å². The van der Waals surface area contributed by atoms with Crippen LogP contribution in [-0.2, 0) is 0 Å². The Bertz CT molecular complexity index is 284. The van der Waals surface area contributed by atoms with Crippen LogP contribution in [0.1, 0.15) is 0 Å². The zero-order chi connectivity index (χ0) is 9.10. The van der Waals surface area contributed by atoms with Gasteiger partial charge in [0.15, 0.2) is 0 Å². The minimum Gasteiger partial charge on any atom is -0.497 e. The second-order valence-corrected chi connectivity index (χ2v) is 3.01. The van der Waals surface area contributed by atoms with Crippen molar-refractivity contribution in [2.24, 2.45) is 0 Å². The summed E-state index contributed by atoms with van der Waals surface area (Å²) in [5.41, 5.74) is 0. The molecule has 13 heavy (non-hydrogen) atoms. The van der Waals surface area contributed by atoms with E-state index in [9.17, 15) is 0 Å². The molecule has 1 aromatic rings. The number of methoxy groups -OCH3 is 1. The van der Waals surface area contributed by atoms with Gasteiger partial charge in [-0.3, -0.25) is 0 Å². The second kappa shape index (κ2) is 3.66. The van der Waals surface area contributed by atoms with Crippen LogP contribution < -0.4 is 14.8 Å². The molecule has 1 fully saturated rings. The Balaban J connectivity index is 2.01. The summed E-state index contributed by atoms with van der Waals surface area (Å²) in [6.45, 7) is 1.63. The first-order valence-electron chi connectivity index (χ1n) is 4.32. The van der Waals surface area contributed by atoms with Crippen LogP contribution in [0.25, 0.3) is 0 Å². The molecule has 1 aliphatic rings. The Morgan fingerprint density at radius 3 is 2.69 bits per heavy atom. The van der Waals surface area contributed by atoms with E-state index in [1.54, 1.807) is 7.11 Å². The van der Waals surface area contributed by atoms with Gasteiger partial charge in [-0.05, 0) is 12.1 Å². The van der Waals surface area contributed by atoms with E-state index in [0.29, 0.717) is 0 Å². The molecule has 1 heterocycles. The quantitative estimate of drug-likeness (QED) is 0.693. The van der Waals surface area contributed by atoms with Gasteiger partial charge in [0.05, 0.1) is 20.2 Å². The van der Waals surface area contributed by atoms with Crippen molar-refractivity contribution < 1.29 is 9.47 Å². The normalized spacial score (nSPS) is 16.4. The average molecular weight is 178 g/mol. The van der Waals surface area contributed by atoms with Crippen LogP contribution in [0.5, 0.6) is 11.5 Å². The fourth-order valence-electron chi connectivity index (χ4n) is 1.18. The van der Waals surface area contributed by atoms with Crippen molar-refractivity contribution in [3.63, 3.8) is 0 Å². The van der Waals surface area contributed by atoms with Crippen molar-refractivity contribution in [1.82, 2.24) is 5.32 Å². The van der Waals surface area contributed by atoms with Gasteiger partial charge in [-0.25, -0.2) is 5.32 Å². The first-order valence-corrected chi connectivity index (χ1v) is 4.32. The summed E-state index contributed by atoms with van der Waals surface area (Å²) in [6, 6.07) is 7.64. The summed E-state index contributed by atoms with van der Waals surface area (Å²) in [7, 11) is 1.65. The Morgan fingerprint density at radius 2 is 2.08 bits per heavy atom. The molecule has 0 aromatic heterocycles. The van der Waals surface area contributed by atoms with Crippen LogP contribution in [0.4, 0.5) is 0 Å². The molecule has 3 nitrogen and oxygen atoms in total. The topological polar surface area (TPSA) is 32.6 Å². The number of benzene rings is 1. The largest absolute Gasteiger partial charge is 0.497 e. The third-order valence-electron chi connectivity index (χ3n) is 2.01. The second-order valence-electron chi connectivity index (χ2n) is 3.01. The van der Waals surface area contributed by atoms with Gasteiger partial charge in [0.2, 0.25) is 0 Å². The molecule has 0 amide bonds. The Morgan fingerprint density at radius 1 is 1.31 bits per heavy atom. The summed E-state index contributed by atoms with van der Waals surface area (Å²) >= 11 is 0. The van der Waals surface area contributed by atoms with Crippen molar-refractivity contribution in [3.8, 4) is 11.5 Å². The van der Waals surface area contributed by atoms with Crippen molar-refractivity contribution in [2.45, 2.75) is 6.10 Å². The van der Waals surface area contributed by atoms with Crippen LogP contribution in [-0.4, -0.2) is 26.3 Å². The summed E-state index contributed by atoms with van der Waals surface area (Å²) in [6.07, 6.45) is 0.270. The predicted molar refractivity (Wildman–Crippen MR) is 49.3 cm³/mol. The summed E-state index contributed by atoms with van der Waals surface area (Å²) in [5.74, 6) is 1.69. The van der Waals surface area contributed by atoms with Gasteiger partial charge < -0.3 is 9.47 Å². The molecule has 69 valence electrons. The van der Waals surface area contributed by atoms with Gasteiger partial charge in [-0.1, -0.05) is 6.07 Å². The fourth-order valence-corrected chi connectivity index (χ4v) is 1.18. The maximum Gasteiger partial charge on any atom is 0.127 e. The lowest BCUT2D eigenvalue weighted by Crippen LogP contribution is -2.45. The molecule has 0 N–H and O–H groups in total. The van der Waals surface area contributed by atoms with Gasteiger partial charge in [0.1, 0.15) is 17.6 Å². The molecule has 0 atom stereocenters. The lowest BCUT2D eigenvalue weighted by Gasteiger charge is -2.26. The average Bonchev–Trinajstić information content (AvgIpc) is 2.12. The van der Waals surface area contributed by atoms with E-state index < -0.39 is 0 Å². The van der Waals surface area contributed by atoms with Crippen molar-refractivity contribution in [3.05, 3.63) is 24.3 Å². The maximum absolute atomic E-state index is 5.62. The SMILES string of the molecule is COc1cccc(OC2C[N]C2)c1. The number of ether oxygens (including phenoxy) is 2. The highest BCUT2D eigenvalue weighted by Gasteiger charge is 2.19. The lowest BCUT2D eigenvalue weighted by molar-refractivity contribution is 0.138. The molecule has 0 spiro atoms. The van der Waals surface area contributed by atoms with Gasteiger partial charge >= 0.3 is 0 Å². The van der Waals surface area contributed by atoms with Gasteiger partial charge in [0.25, 0.3) is 0 Å². The molecule has 0 unspecified atom stereocenters. The van der Waals surface area contributed by atoms with E-state index in [1.165, 1.54) is 0 Å². The molecule has 0 aliphatic carbocycles. The molecule has 2 rings (SSSR count). The standard InChI is InChI=1S/C10H12NO2/c1-12-8-3-2-4-9(5-8)13-10-6-11-7-10/h2-5,10H,6-7H2,1H3. The van der Waals surface area contributed by atoms with Crippen molar-refractivity contribution in [1.29, 1.82) is 0 Å². The van der Waals surface area contributed by atoms with Gasteiger partial charge in [-0.2, -0.15) is 0 Å². The number of hydrogen-bond donors (Lipinski definition) is 0. The van der Waals surface area contributed by atoms with E-state index in [1.807, 2.05) is 24.3 Å². The minimum atomic E-state index is 0.270. The highest BCUT2D eigenvalue weighted by atomic mass is 16.5. The molecule has 1 radical (unpaired) electrons. The molecular formula is C10H12NO2. The summed E-state index contributed by atoms with van der Waals surface area (Å²) in [4.78, 5) is 0. The first kappa shape index (κ1) is 8.38. The zero-order valence-corrected chi connectivity index (χ0v) is 7.56. The highest BCUT2D eigenvalue weighted by molar-refractivity contribution is 5.33. The van der Waals surface area contributed by atoms with E-state index in [0.717, 1.165) is 24.6 Å². The van der Waals surface area contributed by atoms with Crippen LogP contribution in [0.2, 0.25) is 0 Å². The van der Waals surface area contributed by atoms with E-state index >= 15 is 0 Å². The van der Waals surface area contributed by atoms with Gasteiger partial charge in [0, 0.05) is 6.07 Å². The molecule has 0 saturated carbocycles. The third-order valence-corrected chi connectivity index (χ3v) is 2.01. The van der Waals surface area contributed by atoms with E-state index in [-0.39, 0.29) is 6.10 Å². The monoisotopic (exact) mass is 178 g/mol. The van der Waals surface area contributed by atoms with Gasteiger partial charge in [-0.15, -0.1) is 0 Å². The molecule has 1 aromatic carbocycles. The summed E-state index contributed by atoms with van der Waals surface area (Å²) in [5, 5.41) is 4.08.